The molecule has 128 valence electrons. The number of carbonyl (C=O) groups is 1. The highest BCUT2D eigenvalue weighted by Crippen LogP contribution is 2.30. The number of carbonyl (C=O) groups excluding carboxylic acids is 1. The van der Waals surface area contributed by atoms with Crippen molar-refractivity contribution in [1.29, 1.82) is 5.26 Å². The zero-order valence-electron chi connectivity index (χ0n) is 12.4. The van der Waals surface area contributed by atoms with Crippen LogP contribution >= 0.6 is 22.6 Å². The number of nitrogens with zero attached hydrogens (tertiary/aromatic N) is 1. The molecule has 8 heteroatoms. The third kappa shape index (κ3) is 4.73. The molecule has 2 aromatic carbocycles. The summed E-state index contributed by atoms with van der Waals surface area (Å²) < 4.78 is 38.5. The standard InChI is InChI=1S/C17H10F3IN2O2/c18-17(19,20)11-3-7-13(8-4-11)23-16(25)14(9-22)15(24)10-1-5-12(21)6-2-10/h1-8,24H,(H,23,25)/b15-14-. The minimum atomic E-state index is -4.48. The Balaban J connectivity index is 2.24. The van der Waals surface area contributed by atoms with Gasteiger partial charge in [0.25, 0.3) is 5.91 Å². The molecule has 1 amide bonds. The van der Waals surface area contributed by atoms with E-state index in [0.717, 1.165) is 27.8 Å². The van der Waals surface area contributed by atoms with E-state index in [1.165, 1.54) is 0 Å². The van der Waals surface area contributed by atoms with E-state index in [4.69, 9.17) is 5.26 Å². The van der Waals surface area contributed by atoms with Crippen LogP contribution in [0.5, 0.6) is 0 Å². The van der Waals surface area contributed by atoms with Gasteiger partial charge in [-0.1, -0.05) is 12.1 Å². The molecule has 0 aliphatic heterocycles. The maximum Gasteiger partial charge on any atom is 0.416 e. The van der Waals surface area contributed by atoms with Crippen molar-refractivity contribution in [3.63, 3.8) is 0 Å². The first-order valence-electron chi connectivity index (χ1n) is 6.80. The van der Waals surface area contributed by atoms with Crippen molar-refractivity contribution >= 4 is 39.9 Å². The van der Waals surface area contributed by atoms with Crippen LogP contribution < -0.4 is 5.32 Å². The van der Waals surface area contributed by atoms with E-state index in [1.54, 1.807) is 30.3 Å². The highest BCUT2D eigenvalue weighted by molar-refractivity contribution is 14.1. The van der Waals surface area contributed by atoms with Crippen molar-refractivity contribution in [2.75, 3.05) is 5.32 Å². The molecule has 0 fully saturated rings. The van der Waals surface area contributed by atoms with Gasteiger partial charge in [-0.15, -0.1) is 0 Å². The Labute approximate surface area is 154 Å². The lowest BCUT2D eigenvalue weighted by atomic mass is 10.1. The zero-order chi connectivity index (χ0) is 18.6. The molecule has 2 N–H and O–H groups in total. The number of hydrogen-bond donors (Lipinski definition) is 2. The normalized spacial score (nSPS) is 12.1. The molecular formula is C17H10F3IN2O2. The summed E-state index contributed by atoms with van der Waals surface area (Å²) in [5.41, 5.74) is -1.05. The first kappa shape index (κ1) is 18.8. The number of amides is 1. The molecule has 0 spiro atoms. The Morgan fingerprint density at radius 1 is 1.08 bits per heavy atom. The van der Waals surface area contributed by atoms with E-state index in [-0.39, 0.29) is 11.3 Å². The third-order valence-electron chi connectivity index (χ3n) is 3.16. The number of aliphatic hydroxyl groups excluding tert-OH is 1. The second-order valence-electron chi connectivity index (χ2n) is 4.87. The molecule has 2 rings (SSSR count). The van der Waals surface area contributed by atoms with Crippen molar-refractivity contribution in [3.8, 4) is 6.07 Å². The van der Waals surface area contributed by atoms with Gasteiger partial charge in [0.2, 0.25) is 0 Å². The fraction of sp³-hybridized carbons (Fsp3) is 0.0588. The van der Waals surface area contributed by atoms with Gasteiger partial charge in [-0.05, 0) is 59.0 Å². The third-order valence-corrected chi connectivity index (χ3v) is 3.88. The minimum Gasteiger partial charge on any atom is -0.506 e. The van der Waals surface area contributed by atoms with Gasteiger partial charge < -0.3 is 10.4 Å². The molecular weight excluding hydrogens is 448 g/mol. The maximum absolute atomic E-state index is 12.5. The highest BCUT2D eigenvalue weighted by atomic mass is 127. The Morgan fingerprint density at radius 3 is 2.12 bits per heavy atom. The monoisotopic (exact) mass is 458 g/mol. The van der Waals surface area contributed by atoms with Crippen LogP contribution in [0.3, 0.4) is 0 Å². The molecule has 0 aliphatic rings. The summed E-state index contributed by atoms with van der Waals surface area (Å²) in [7, 11) is 0. The Bertz CT molecular complexity index is 851. The lowest BCUT2D eigenvalue weighted by Gasteiger charge is -2.09. The number of aliphatic hydroxyl groups is 1. The Hall–Kier alpha value is -2.54. The molecule has 0 atom stereocenters. The van der Waals surface area contributed by atoms with Crippen LogP contribution in [0.1, 0.15) is 11.1 Å². The summed E-state index contributed by atoms with van der Waals surface area (Å²) in [4.78, 5) is 12.1. The summed E-state index contributed by atoms with van der Waals surface area (Å²) in [5, 5.41) is 21.5. The largest absolute Gasteiger partial charge is 0.506 e. The second-order valence-corrected chi connectivity index (χ2v) is 6.12. The van der Waals surface area contributed by atoms with Crippen LogP contribution in [0, 0.1) is 14.9 Å². The van der Waals surface area contributed by atoms with Gasteiger partial charge in [-0.25, -0.2) is 0 Å². The van der Waals surface area contributed by atoms with Crippen LogP contribution in [-0.4, -0.2) is 11.0 Å². The molecule has 2 aromatic rings. The predicted molar refractivity (Wildman–Crippen MR) is 94.4 cm³/mol. The number of nitrogens with one attached hydrogen (secondary N) is 1. The van der Waals surface area contributed by atoms with Gasteiger partial charge >= 0.3 is 6.18 Å². The van der Waals surface area contributed by atoms with E-state index in [1.807, 2.05) is 0 Å². The van der Waals surface area contributed by atoms with E-state index >= 15 is 0 Å². The summed E-state index contributed by atoms with van der Waals surface area (Å²) >= 11 is 2.06. The molecule has 0 saturated heterocycles. The molecule has 0 aliphatic carbocycles. The maximum atomic E-state index is 12.5. The summed E-state index contributed by atoms with van der Waals surface area (Å²) in [6.45, 7) is 0. The second kappa shape index (κ2) is 7.57. The van der Waals surface area contributed by atoms with Gasteiger partial charge in [0.15, 0.2) is 5.57 Å². The van der Waals surface area contributed by atoms with Crippen LogP contribution in [-0.2, 0) is 11.0 Å². The summed E-state index contributed by atoms with van der Waals surface area (Å²) in [6, 6.07) is 11.8. The summed E-state index contributed by atoms with van der Waals surface area (Å²) in [6.07, 6.45) is -4.48. The van der Waals surface area contributed by atoms with Crippen molar-refractivity contribution in [1.82, 2.24) is 0 Å². The lowest BCUT2D eigenvalue weighted by molar-refractivity contribution is -0.137. The average molecular weight is 458 g/mol. The zero-order valence-corrected chi connectivity index (χ0v) is 14.6. The highest BCUT2D eigenvalue weighted by Gasteiger charge is 2.30. The number of nitriles is 1. The van der Waals surface area contributed by atoms with Gasteiger partial charge in [0.05, 0.1) is 5.56 Å². The van der Waals surface area contributed by atoms with Crippen LogP contribution in [0.2, 0.25) is 0 Å². The molecule has 0 bridgehead atoms. The molecule has 0 heterocycles. The molecule has 0 unspecified atom stereocenters. The van der Waals surface area contributed by atoms with Gasteiger partial charge in [0, 0.05) is 14.8 Å². The number of rotatable bonds is 3. The molecule has 0 radical (unpaired) electrons. The Kier molecular flexibility index (Phi) is 5.69. The lowest BCUT2D eigenvalue weighted by Crippen LogP contribution is -2.15. The number of benzene rings is 2. The number of halogens is 4. The topological polar surface area (TPSA) is 73.1 Å². The Morgan fingerprint density at radius 2 is 1.64 bits per heavy atom. The van der Waals surface area contributed by atoms with Gasteiger partial charge in [0.1, 0.15) is 11.8 Å². The average Bonchev–Trinajstić information content (AvgIpc) is 2.55. The fourth-order valence-electron chi connectivity index (χ4n) is 1.90. The molecule has 0 aromatic heterocycles. The number of alkyl halides is 3. The van der Waals surface area contributed by atoms with Crippen molar-refractivity contribution < 1.29 is 23.1 Å². The van der Waals surface area contributed by atoms with E-state index < -0.39 is 29.0 Å². The summed E-state index contributed by atoms with van der Waals surface area (Å²) in [5.74, 6) is -1.43. The first-order valence-corrected chi connectivity index (χ1v) is 7.88. The van der Waals surface area contributed by atoms with E-state index in [9.17, 15) is 23.1 Å². The molecule has 25 heavy (non-hydrogen) atoms. The van der Waals surface area contributed by atoms with Gasteiger partial charge in [-0.3, -0.25) is 4.79 Å². The molecule has 0 saturated carbocycles. The van der Waals surface area contributed by atoms with Crippen LogP contribution in [0.4, 0.5) is 18.9 Å². The number of anilines is 1. The quantitative estimate of drug-likeness (QED) is 0.302. The minimum absolute atomic E-state index is 0.0705. The van der Waals surface area contributed by atoms with Crippen molar-refractivity contribution in [2.24, 2.45) is 0 Å². The van der Waals surface area contributed by atoms with E-state index in [0.29, 0.717) is 0 Å². The van der Waals surface area contributed by atoms with Crippen molar-refractivity contribution in [3.05, 3.63) is 68.8 Å². The fourth-order valence-corrected chi connectivity index (χ4v) is 2.26. The number of hydrogen-bond acceptors (Lipinski definition) is 3. The predicted octanol–water partition coefficient (Wildman–Crippen LogP) is 4.74. The smallest absolute Gasteiger partial charge is 0.416 e. The van der Waals surface area contributed by atoms with Crippen molar-refractivity contribution in [2.45, 2.75) is 6.18 Å². The van der Waals surface area contributed by atoms with E-state index in [2.05, 4.69) is 27.9 Å². The van der Waals surface area contributed by atoms with Gasteiger partial charge in [-0.2, -0.15) is 18.4 Å². The van der Waals surface area contributed by atoms with Crippen LogP contribution in [0.15, 0.2) is 54.1 Å². The molecule has 4 nitrogen and oxygen atoms in total. The first-order chi connectivity index (χ1) is 11.7. The van der Waals surface area contributed by atoms with Crippen LogP contribution in [0.25, 0.3) is 5.76 Å². The SMILES string of the molecule is N#C/C(C(=O)Nc1ccc(C(F)(F)F)cc1)=C(/O)c1ccc(I)cc1.